The van der Waals surface area contributed by atoms with Gasteiger partial charge in [-0.15, -0.1) is 0 Å². The molecular weight excluding hydrogens is 291 g/mol. The lowest BCUT2D eigenvalue weighted by Gasteiger charge is -2.11. The first kappa shape index (κ1) is 15.3. The molecule has 0 aliphatic heterocycles. The molecule has 0 fully saturated rings. The largest absolute Gasteiger partial charge is 0.494 e. The van der Waals surface area contributed by atoms with Gasteiger partial charge in [0.25, 0.3) is 0 Å². The van der Waals surface area contributed by atoms with Gasteiger partial charge in [-0.3, -0.25) is 4.98 Å². The summed E-state index contributed by atoms with van der Waals surface area (Å²) in [6.45, 7) is 2.85. The van der Waals surface area contributed by atoms with Gasteiger partial charge in [-0.1, -0.05) is 19.4 Å². The minimum absolute atomic E-state index is 0.264. The van der Waals surface area contributed by atoms with Crippen molar-refractivity contribution in [1.29, 1.82) is 0 Å². The predicted molar refractivity (Wildman–Crippen MR) is 91.8 cm³/mol. The number of halogens is 1. The fourth-order valence-corrected chi connectivity index (χ4v) is 2.38. The Kier molecular flexibility index (Phi) is 4.71. The Hall–Kier alpha value is -2.62. The van der Waals surface area contributed by atoms with E-state index in [1.165, 1.54) is 12.1 Å². The van der Waals surface area contributed by atoms with E-state index in [1.807, 2.05) is 30.3 Å². The van der Waals surface area contributed by atoms with Crippen molar-refractivity contribution in [3.05, 3.63) is 60.5 Å². The minimum Gasteiger partial charge on any atom is -0.494 e. The van der Waals surface area contributed by atoms with Gasteiger partial charge in [0.1, 0.15) is 11.6 Å². The second-order valence-electron chi connectivity index (χ2n) is 5.37. The number of benzene rings is 2. The first-order valence-corrected chi connectivity index (χ1v) is 7.80. The molecule has 1 N–H and O–H groups in total. The molecule has 0 aliphatic rings. The van der Waals surface area contributed by atoms with Crippen molar-refractivity contribution in [2.45, 2.75) is 19.8 Å². The molecule has 3 rings (SSSR count). The lowest BCUT2D eigenvalue weighted by Crippen LogP contribution is -1.97. The second-order valence-corrected chi connectivity index (χ2v) is 5.37. The highest BCUT2D eigenvalue weighted by atomic mass is 19.1. The van der Waals surface area contributed by atoms with Gasteiger partial charge in [-0.05, 0) is 42.8 Å². The number of hydrogen-bond acceptors (Lipinski definition) is 3. The first-order valence-electron chi connectivity index (χ1n) is 7.80. The van der Waals surface area contributed by atoms with Crippen LogP contribution in [0.5, 0.6) is 5.75 Å². The third-order valence-electron chi connectivity index (χ3n) is 3.58. The first-order chi connectivity index (χ1) is 11.3. The van der Waals surface area contributed by atoms with E-state index in [-0.39, 0.29) is 5.82 Å². The van der Waals surface area contributed by atoms with Crippen molar-refractivity contribution in [2.24, 2.45) is 0 Å². The van der Waals surface area contributed by atoms with Gasteiger partial charge in [0.2, 0.25) is 0 Å². The van der Waals surface area contributed by atoms with E-state index >= 15 is 0 Å². The summed E-state index contributed by atoms with van der Waals surface area (Å²) in [7, 11) is 0. The molecule has 0 spiro atoms. The van der Waals surface area contributed by atoms with E-state index in [0.29, 0.717) is 12.3 Å². The Morgan fingerprint density at radius 1 is 1.13 bits per heavy atom. The van der Waals surface area contributed by atoms with Gasteiger partial charge in [0, 0.05) is 29.0 Å². The standard InChI is InChI=1S/C19H19FN2O/c1-2-3-11-23-16-7-8-17-18(9-10-21-19(17)13-16)22-15-6-4-5-14(20)12-15/h4-10,12-13H,2-3,11H2,1H3,(H,21,22). The Labute approximate surface area is 135 Å². The molecule has 1 heterocycles. The van der Waals surface area contributed by atoms with E-state index in [9.17, 15) is 4.39 Å². The Morgan fingerprint density at radius 3 is 2.87 bits per heavy atom. The third kappa shape index (κ3) is 3.77. The van der Waals surface area contributed by atoms with Crippen LogP contribution in [-0.4, -0.2) is 11.6 Å². The molecule has 0 aliphatic carbocycles. The molecule has 2 aromatic carbocycles. The van der Waals surface area contributed by atoms with Crippen LogP contribution >= 0.6 is 0 Å². The number of ether oxygens (including phenoxy) is 1. The van der Waals surface area contributed by atoms with Crippen LogP contribution in [0.4, 0.5) is 15.8 Å². The van der Waals surface area contributed by atoms with Gasteiger partial charge >= 0.3 is 0 Å². The summed E-state index contributed by atoms with van der Waals surface area (Å²) in [5.41, 5.74) is 2.45. The molecule has 0 atom stereocenters. The Bertz CT molecular complexity index is 804. The summed E-state index contributed by atoms with van der Waals surface area (Å²) < 4.78 is 19.0. The number of pyridine rings is 1. The summed E-state index contributed by atoms with van der Waals surface area (Å²) in [5, 5.41) is 4.21. The van der Waals surface area contributed by atoms with E-state index in [4.69, 9.17) is 4.74 Å². The van der Waals surface area contributed by atoms with Gasteiger partial charge in [-0.2, -0.15) is 0 Å². The lowest BCUT2D eigenvalue weighted by molar-refractivity contribution is 0.310. The minimum atomic E-state index is -0.264. The third-order valence-corrected chi connectivity index (χ3v) is 3.58. The number of nitrogens with zero attached hydrogens (tertiary/aromatic N) is 1. The number of aromatic nitrogens is 1. The lowest BCUT2D eigenvalue weighted by atomic mass is 10.1. The highest BCUT2D eigenvalue weighted by molar-refractivity contribution is 5.93. The van der Waals surface area contributed by atoms with Crippen molar-refractivity contribution in [3.8, 4) is 5.75 Å². The molecule has 0 amide bonds. The zero-order chi connectivity index (χ0) is 16.1. The molecule has 0 saturated carbocycles. The SMILES string of the molecule is CCCCOc1ccc2c(Nc3cccc(F)c3)ccnc2c1. The molecule has 3 aromatic rings. The van der Waals surface area contributed by atoms with Crippen LogP contribution in [0.15, 0.2) is 54.7 Å². The highest BCUT2D eigenvalue weighted by Gasteiger charge is 2.05. The maximum atomic E-state index is 13.3. The second kappa shape index (κ2) is 7.09. The number of fused-ring (bicyclic) bond motifs is 1. The monoisotopic (exact) mass is 310 g/mol. The summed E-state index contributed by atoms with van der Waals surface area (Å²) in [6, 6.07) is 14.1. The number of hydrogen-bond donors (Lipinski definition) is 1. The maximum absolute atomic E-state index is 13.3. The summed E-state index contributed by atoms with van der Waals surface area (Å²) >= 11 is 0. The molecule has 0 radical (unpaired) electrons. The Morgan fingerprint density at radius 2 is 2.04 bits per heavy atom. The highest BCUT2D eigenvalue weighted by Crippen LogP contribution is 2.28. The van der Waals surface area contributed by atoms with Crippen LogP contribution in [0, 0.1) is 5.82 Å². The topological polar surface area (TPSA) is 34.1 Å². The number of unbranched alkanes of at least 4 members (excludes halogenated alkanes) is 1. The van der Waals surface area contributed by atoms with Crippen molar-refractivity contribution < 1.29 is 9.13 Å². The molecule has 4 heteroatoms. The average molecular weight is 310 g/mol. The van der Waals surface area contributed by atoms with Gasteiger partial charge in [-0.25, -0.2) is 4.39 Å². The smallest absolute Gasteiger partial charge is 0.125 e. The van der Waals surface area contributed by atoms with Gasteiger partial charge < -0.3 is 10.1 Å². The number of nitrogens with one attached hydrogen (secondary N) is 1. The summed E-state index contributed by atoms with van der Waals surface area (Å²) in [6.07, 6.45) is 3.87. The average Bonchev–Trinajstić information content (AvgIpc) is 2.55. The number of anilines is 2. The molecule has 0 bridgehead atoms. The van der Waals surface area contributed by atoms with Crippen LogP contribution in [-0.2, 0) is 0 Å². The summed E-state index contributed by atoms with van der Waals surface area (Å²) in [4.78, 5) is 4.40. The van der Waals surface area contributed by atoms with E-state index < -0.39 is 0 Å². The zero-order valence-electron chi connectivity index (χ0n) is 13.1. The fraction of sp³-hybridized carbons (Fsp3) is 0.211. The maximum Gasteiger partial charge on any atom is 0.125 e. The fourth-order valence-electron chi connectivity index (χ4n) is 2.38. The van der Waals surface area contributed by atoms with E-state index in [2.05, 4.69) is 17.2 Å². The Balaban J connectivity index is 1.86. The molecule has 0 saturated heterocycles. The van der Waals surface area contributed by atoms with Crippen LogP contribution in [0.1, 0.15) is 19.8 Å². The van der Waals surface area contributed by atoms with Crippen LogP contribution in [0.25, 0.3) is 10.9 Å². The predicted octanol–water partition coefficient (Wildman–Crippen LogP) is 5.30. The van der Waals surface area contributed by atoms with Crippen molar-refractivity contribution in [1.82, 2.24) is 4.98 Å². The molecule has 0 unspecified atom stereocenters. The van der Waals surface area contributed by atoms with Crippen molar-refractivity contribution in [2.75, 3.05) is 11.9 Å². The normalized spacial score (nSPS) is 10.7. The van der Waals surface area contributed by atoms with Crippen molar-refractivity contribution in [3.63, 3.8) is 0 Å². The van der Waals surface area contributed by atoms with Crippen LogP contribution in [0.3, 0.4) is 0 Å². The van der Waals surface area contributed by atoms with Gasteiger partial charge in [0.15, 0.2) is 0 Å². The van der Waals surface area contributed by atoms with E-state index in [1.54, 1.807) is 12.3 Å². The van der Waals surface area contributed by atoms with Crippen LogP contribution in [0.2, 0.25) is 0 Å². The number of rotatable bonds is 6. The zero-order valence-corrected chi connectivity index (χ0v) is 13.1. The molecule has 23 heavy (non-hydrogen) atoms. The van der Waals surface area contributed by atoms with E-state index in [0.717, 1.165) is 35.2 Å². The molecule has 118 valence electrons. The molecule has 3 nitrogen and oxygen atoms in total. The van der Waals surface area contributed by atoms with Crippen LogP contribution < -0.4 is 10.1 Å². The molecular formula is C19H19FN2O. The quantitative estimate of drug-likeness (QED) is 0.628. The van der Waals surface area contributed by atoms with Gasteiger partial charge in [0.05, 0.1) is 12.1 Å². The van der Waals surface area contributed by atoms with Crippen molar-refractivity contribution >= 4 is 22.3 Å². The summed E-state index contributed by atoms with van der Waals surface area (Å²) in [5.74, 6) is 0.557. The molecule has 1 aromatic heterocycles.